The molecule has 0 aliphatic heterocycles. The third-order valence-electron chi connectivity index (χ3n) is 1.88. The fraction of sp³-hybridized carbons (Fsp3) is 0.889. The summed E-state index contributed by atoms with van der Waals surface area (Å²) in [6, 6.07) is 0. The molecule has 3 N–H and O–H groups in total. The van der Waals surface area contributed by atoms with Crippen LogP contribution in [0.4, 0.5) is 0 Å². The van der Waals surface area contributed by atoms with Gasteiger partial charge in [-0.15, -0.1) is 12.4 Å². The van der Waals surface area contributed by atoms with Crippen LogP contribution in [0, 0.1) is 5.92 Å². The summed E-state index contributed by atoms with van der Waals surface area (Å²) in [5.74, 6) is -0.984. The van der Waals surface area contributed by atoms with Crippen LogP contribution in [0.1, 0.15) is 26.7 Å². The van der Waals surface area contributed by atoms with E-state index in [2.05, 4.69) is 0 Å². The van der Waals surface area contributed by atoms with E-state index < -0.39 is 18.0 Å². The molecule has 14 heavy (non-hydrogen) atoms. The van der Waals surface area contributed by atoms with Crippen LogP contribution >= 0.6 is 12.4 Å². The maximum absolute atomic E-state index is 11.2. The molecule has 0 unspecified atom stereocenters. The molecular weight excluding hydrogens is 206 g/mol. The van der Waals surface area contributed by atoms with Crippen molar-refractivity contribution >= 4 is 18.4 Å². The minimum atomic E-state index is -0.737. The number of carbonyl (C=O) groups excluding carboxylic acids is 1. The van der Waals surface area contributed by atoms with Gasteiger partial charge in [0.1, 0.15) is 0 Å². The number of nitrogens with two attached hydrogens (primary N) is 1. The van der Waals surface area contributed by atoms with Crippen LogP contribution < -0.4 is 5.73 Å². The van der Waals surface area contributed by atoms with Gasteiger partial charge in [0.25, 0.3) is 0 Å². The van der Waals surface area contributed by atoms with Gasteiger partial charge in [-0.3, -0.25) is 4.79 Å². The monoisotopic (exact) mass is 225 g/mol. The van der Waals surface area contributed by atoms with Crippen molar-refractivity contribution in [1.82, 2.24) is 0 Å². The lowest BCUT2D eigenvalue weighted by Gasteiger charge is -2.16. The summed E-state index contributed by atoms with van der Waals surface area (Å²) in [5.41, 5.74) is 5.32. The lowest BCUT2D eigenvalue weighted by Crippen LogP contribution is -2.34. The lowest BCUT2D eigenvalue weighted by atomic mass is 10.1. The molecule has 5 heteroatoms. The Bertz CT molecular complexity index is 153. The molecule has 0 aliphatic rings. The normalized spacial score (nSPS) is 14.0. The zero-order valence-corrected chi connectivity index (χ0v) is 9.55. The first-order valence-electron chi connectivity index (χ1n) is 4.68. The van der Waals surface area contributed by atoms with Gasteiger partial charge in [-0.25, -0.2) is 0 Å². The minimum absolute atomic E-state index is 0. The van der Waals surface area contributed by atoms with Crippen molar-refractivity contribution in [3.05, 3.63) is 0 Å². The van der Waals surface area contributed by atoms with E-state index in [0.717, 1.165) is 12.8 Å². The predicted molar refractivity (Wildman–Crippen MR) is 57.3 cm³/mol. The van der Waals surface area contributed by atoms with E-state index in [-0.39, 0.29) is 19.0 Å². The second-order valence-electron chi connectivity index (χ2n) is 3.10. The molecule has 0 spiro atoms. The highest BCUT2D eigenvalue weighted by atomic mass is 35.5. The first-order valence-corrected chi connectivity index (χ1v) is 4.68. The molecule has 4 nitrogen and oxygen atoms in total. The number of rotatable bonds is 6. The first kappa shape index (κ1) is 16.1. The number of esters is 1. The Balaban J connectivity index is 0. The van der Waals surface area contributed by atoms with E-state index in [1.165, 1.54) is 0 Å². The van der Waals surface area contributed by atoms with E-state index in [1.807, 2.05) is 6.92 Å². The Hall–Kier alpha value is -0.320. The molecule has 0 radical (unpaired) electrons. The average molecular weight is 226 g/mol. The lowest BCUT2D eigenvalue weighted by molar-refractivity contribution is -0.151. The predicted octanol–water partition coefficient (Wildman–Crippen LogP) is 0.707. The van der Waals surface area contributed by atoms with Crippen LogP contribution in [0.15, 0.2) is 0 Å². The fourth-order valence-corrected chi connectivity index (χ4v) is 0.914. The molecule has 0 amide bonds. The van der Waals surface area contributed by atoms with Gasteiger partial charge in [0, 0.05) is 6.54 Å². The van der Waals surface area contributed by atoms with Crippen molar-refractivity contribution in [2.75, 3.05) is 13.2 Å². The van der Waals surface area contributed by atoms with Gasteiger partial charge in [-0.05, 0) is 13.3 Å². The summed E-state index contributed by atoms with van der Waals surface area (Å²) in [7, 11) is 0. The Morgan fingerprint density at radius 3 is 2.50 bits per heavy atom. The minimum Gasteiger partial charge on any atom is -0.465 e. The van der Waals surface area contributed by atoms with Crippen molar-refractivity contribution in [2.24, 2.45) is 11.7 Å². The van der Waals surface area contributed by atoms with Crippen LogP contribution in [-0.2, 0) is 9.53 Å². The highest BCUT2D eigenvalue weighted by Crippen LogP contribution is 2.04. The molecule has 0 aromatic carbocycles. The molecule has 0 aromatic rings. The van der Waals surface area contributed by atoms with Crippen molar-refractivity contribution in [3.63, 3.8) is 0 Å². The smallest absolute Gasteiger partial charge is 0.312 e. The molecule has 86 valence electrons. The number of halogens is 1. The summed E-state index contributed by atoms with van der Waals surface area (Å²) in [4.78, 5) is 11.2. The van der Waals surface area contributed by atoms with E-state index in [9.17, 15) is 4.79 Å². The van der Waals surface area contributed by atoms with Crippen molar-refractivity contribution < 1.29 is 14.6 Å². The summed E-state index contributed by atoms with van der Waals surface area (Å²) < 4.78 is 4.92. The maximum atomic E-state index is 11.2. The van der Waals surface area contributed by atoms with Gasteiger partial charge in [-0.2, -0.15) is 0 Å². The first-order chi connectivity index (χ1) is 6.13. The molecule has 0 heterocycles. The van der Waals surface area contributed by atoms with Crippen LogP contribution in [0.25, 0.3) is 0 Å². The number of carbonyl (C=O) groups is 1. The number of unbranched alkanes of at least 4 members (excludes halogenated alkanes) is 1. The molecule has 0 aromatic heterocycles. The quantitative estimate of drug-likeness (QED) is 0.516. The Labute approximate surface area is 91.2 Å². The molecule has 0 fully saturated rings. The van der Waals surface area contributed by atoms with E-state index in [0.29, 0.717) is 6.61 Å². The van der Waals surface area contributed by atoms with Gasteiger partial charge < -0.3 is 15.6 Å². The maximum Gasteiger partial charge on any atom is 0.312 e. The van der Waals surface area contributed by atoms with Crippen molar-refractivity contribution in [1.29, 1.82) is 0 Å². The third-order valence-corrected chi connectivity index (χ3v) is 1.88. The fourth-order valence-electron chi connectivity index (χ4n) is 0.914. The van der Waals surface area contributed by atoms with E-state index >= 15 is 0 Å². The molecule has 0 saturated heterocycles. The highest BCUT2D eigenvalue weighted by Gasteiger charge is 2.23. The zero-order chi connectivity index (χ0) is 10.3. The molecule has 2 atom stereocenters. The standard InChI is InChI=1S/C9H19NO3.ClH/c1-3-4-5-13-9(12)8(6-10)7(2)11;/h7-8,11H,3-6,10H2,1-2H3;1H/t7-,8+;/m1./s1. The second kappa shape index (κ2) is 9.24. The molecule has 0 rings (SSSR count). The topological polar surface area (TPSA) is 72.5 Å². The van der Waals surface area contributed by atoms with Crippen LogP contribution in [0.2, 0.25) is 0 Å². The Morgan fingerprint density at radius 2 is 2.14 bits per heavy atom. The Kier molecular flexibility index (Phi) is 10.6. The summed E-state index contributed by atoms with van der Waals surface area (Å²) in [6.45, 7) is 4.10. The highest BCUT2D eigenvalue weighted by molar-refractivity contribution is 5.85. The average Bonchev–Trinajstić information content (AvgIpc) is 2.05. The molecule has 0 bridgehead atoms. The van der Waals surface area contributed by atoms with Gasteiger partial charge in [0.05, 0.1) is 18.6 Å². The van der Waals surface area contributed by atoms with E-state index in [1.54, 1.807) is 6.92 Å². The van der Waals surface area contributed by atoms with Gasteiger partial charge in [-0.1, -0.05) is 13.3 Å². The van der Waals surface area contributed by atoms with Gasteiger partial charge in [0.15, 0.2) is 0 Å². The SMILES string of the molecule is CCCCOC(=O)[C@@H](CN)[C@@H](C)O.Cl. The second-order valence-corrected chi connectivity index (χ2v) is 3.10. The number of hydrogen-bond donors (Lipinski definition) is 2. The molecular formula is C9H20ClNO3. The van der Waals surface area contributed by atoms with Crippen LogP contribution in [0.5, 0.6) is 0 Å². The largest absolute Gasteiger partial charge is 0.465 e. The number of hydrogen-bond acceptors (Lipinski definition) is 4. The third kappa shape index (κ3) is 6.18. The number of aliphatic hydroxyl groups excluding tert-OH is 1. The summed E-state index contributed by atoms with van der Waals surface area (Å²) in [5, 5.41) is 9.16. The van der Waals surface area contributed by atoms with E-state index in [4.69, 9.17) is 15.6 Å². The number of aliphatic hydroxyl groups is 1. The summed E-state index contributed by atoms with van der Waals surface area (Å²) in [6.07, 6.45) is 1.09. The zero-order valence-electron chi connectivity index (χ0n) is 8.73. The van der Waals surface area contributed by atoms with Crippen molar-refractivity contribution in [3.8, 4) is 0 Å². The van der Waals surface area contributed by atoms with Crippen LogP contribution in [0.3, 0.4) is 0 Å². The molecule has 0 saturated carbocycles. The number of ether oxygens (including phenoxy) is 1. The van der Waals surface area contributed by atoms with Gasteiger partial charge >= 0.3 is 5.97 Å². The van der Waals surface area contributed by atoms with Crippen molar-refractivity contribution in [2.45, 2.75) is 32.8 Å². The molecule has 0 aliphatic carbocycles. The Morgan fingerprint density at radius 1 is 1.57 bits per heavy atom. The summed E-state index contributed by atoms with van der Waals surface area (Å²) >= 11 is 0. The van der Waals surface area contributed by atoms with Crippen LogP contribution in [-0.4, -0.2) is 30.3 Å². The van der Waals surface area contributed by atoms with Gasteiger partial charge in [0.2, 0.25) is 0 Å².